The zero-order valence-electron chi connectivity index (χ0n) is 10.5. The van der Waals surface area contributed by atoms with Crippen molar-refractivity contribution in [3.05, 3.63) is 30.0 Å². The maximum absolute atomic E-state index is 11.1. The Hall–Kier alpha value is -1.92. The predicted molar refractivity (Wildman–Crippen MR) is 70.3 cm³/mol. The lowest BCUT2D eigenvalue weighted by Crippen LogP contribution is -2.47. The van der Waals surface area contributed by atoms with Crippen molar-refractivity contribution < 1.29 is 9.53 Å². The Morgan fingerprint density at radius 2 is 2.47 bits per heavy atom. The fourth-order valence-electron chi connectivity index (χ4n) is 2.36. The quantitative estimate of drug-likeness (QED) is 0.828. The molecule has 3 rings (SSSR count). The SMILES string of the molecule is NC(=O)C1CN(Cc2ccc3cn[nH]c3c2)CCO1. The van der Waals surface area contributed by atoms with Gasteiger partial charge in [0.15, 0.2) is 0 Å². The molecule has 6 heteroatoms. The highest BCUT2D eigenvalue weighted by Crippen LogP contribution is 2.15. The number of aromatic nitrogens is 2. The van der Waals surface area contributed by atoms with Crippen LogP contribution in [-0.4, -0.2) is 46.8 Å². The standard InChI is InChI=1S/C13H16N4O2/c14-13(18)12-8-17(3-4-19-12)7-9-1-2-10-6-15-16-11(10)5-9/h1-2,5-6,12H,3-4,7-8H2,(H2,14,18)(H,15,16). The maximum atomic E-state index is 11.1. The second-order valence-corrected chi connectivity index (χ2v) is 4.79. The molecule has 19 heavy (non-hydrogen) atoms. The number of nitrogens with zero attached hydrogens (tertiary/aromatic N) is 2. The van der Waals surface area contributed by atoms with Crippen molar-refractivity contribution >= 4 is 16.8 Å². The Balaban J connectivity index is 1.71. The van der Waals surface area contributed by atoms with E-state index in [2.05, 4.69) is 27.2 Å². The van der Waals surface area contributed by atoms with E-state index in [1.54, 1.807) is 6.20 Å². The summed E-state index contributed by atoms with van der Waals surface area (Å²) in [6.07, 6.45) is 1.31. The first kappa shape index (κ1) is 12.1. The largest absolute Gasteiger partial charge is 0.367 e. The third kappa shape index (κ3) is 2.59. The number of nitrogens with one attached hydrogen (secondary N) is 1. The molecule has 1 aliphatic heterocycles. The van der Waals surface area contributed by atoms with E-state index in [0.717, 1.165) is 24.0 Å². The van der Waals surface area contributed by atoms with Crippen LogP contribution in [0.3, 0.4) is 0 Å². The van der Waals surface area contributed by atoms with Gasteiger partial charge in [0.2, 0.25) is 5.91 Å². The van der Waals surface area contributed by atoms with E-state index in [1.807, 2.05) is 6.07 Å². The zero-order chi connectivity index (χ0) is 13.2. The van der Waals surface area contributed by atoms with Crippen LogP contribution < -0.4 is 5.73 Å². The number of H-pyrrole nitrogens is 1. The Labute approximate surface area is 110 Å². The lowest BCUT2D eigenvalue weighted by atomic mass is 10.1. The summed E-state index contributed by atoms with van der Waals surface area (Å²) >= 11 is 0. The summed E-state index contributed by atoms with van der Waals surface area (Å²) in [6.45, 7) is 2.68. The summed E-state index contributed by atoms with van der Waals surface area (Å²) in [5, 5.41) is 8.06. The highest BCUT2D eigenvalue weighted by atomic mass is 16.5. The van der Waals surface area contributed by atoms with Gasteiger partial charge >= 0.3 is 0 Å². The molecular formula is C13H16N4O2. The zero-order valence-corrected chi connectivity index (χ0v) is 10.5. The van der Waals surface area contributed by atoms with E-state index < -0.39 is 12.0 Å². The average molecular weight is 260 g/mol. The Bertz CT molecular complexity index is 595. The predicted octanol–water partition coefficient (Wildman–Crippen LogP) is 0.249. The molecule has 1 saturated heterocycles. The third-order valence-electron chi connectivity index (χ3n) is 3.38. The van der Waals surface area contributed by atoms with Gasteiger partial charge in [-0.3, -0.25) is 14.8 Å². The van der Waals surface area contributed by atoms with Crippen LogP contribution in [0.1, 0.15) is 5.56 Å². The number of hydrogen-bond donors (Lipinski definition) is 2. The summed E-state index contributed by atoms with van der Waals surface area (Å²) in [5.74, 6) is -0.395. The molecule has 1 aliphatic rings. The van der Waals surface area contributed by atoms with E-state index in [1.165, 1.54) is 5.56 Å². The van der Waals surface area contributed by atoms with Crippen molar-refractivity contribution in [2.45, 2.75) is 12.6 Å². The van der Waals surface area contributed by atoms with Gasteiger partial charge in [-0.2, -0.15) is 5.10 Å². The molecule has 0 aliphatic carbocycles. The number of aromatic amines is 1. The average Bonchev–Trinajstić information content (AvgIpc) is 2.86. The van der Waals surface area contributed by atoms with E-state index in [4.69, 9.17) is 10.5 Å². The number of amides is 1. The van der Waals surface area contributed by atoms with Crippen LogP contribution >= 0.6 is 0 Å². The Morgan fingerprint density at radius 1 is 1.58 bits per heavy atom. The lowest BCUT2D eigenvalue weighted by molar-refractivity contribution is -0.135. The van der Waals surface area contributed by atoms with Crippen LogP contribution in [0.2, 0.25) is 0 Å². The summed E-state index contributed by atoms with van der Waals surface area (Å²) in [5.41, 5.74) is 7.49. The van der Waals surface area contributed by atoms with Crippen molar-refractivity contribution in [1.82, 2.24) is 15.1 Å². The van der Waals surface area contributed by atoms with Crippen LogP contribution in [0.15, 0.2) is 24.4 Å². The van der Waals surface area contributed by atoms with E-state index in [9.17, 15) is 4.79 Å². The number of fused-ring (bicyclic) bond motifs is 1. The van der Waals surface area contributed by atoms with Gasteiger partial charge in [0, 0.05) is 25.0 Å². The van der Waals surface area contributed by atoms with E-state index >= 15 is 0 Å². The number of ether oxygens (including phenoxy) is 1. The lowest BCUT2D eigenvalue weighted by Gasteiger charge is -2.31. The monoisotopic (exact) mass is 260 g/mol. The molecule has 3 N–H and O–H groups in total. The number of benzene rings is 1. The van der Waals surface area contributed by atoms with Crippen LogP contribution in [0.25, 0.3) is 10.9 Å². The first-order valence-corrected chi connectivity index (χ1v) is 6.27. The topological polar surface area (TPSA) is 84.2 Å². The van der Waals surface area contributed by atoms with Gasteiger partial charge in [0.05, 0.1) is 18.3 Å². The molecule has 1 atom stereocenters. The smallest absolute Gasteiger partial charge is 0.247 e. The fraction of sp³-hybridized carbons (Fsp3) is 0.385. The van der Waals surface area contributed by atoms with Crippen molar-refractivity contribution in [2.24, 2.45) is 5.73 Å². The molecule has 1 aromatic heterocycles. The number of hydrogen-bond acceptors (Lipinski definition) is 4. The molecule has 1 aromatic carbocycles. The van der Waals surface area contributed by atoms with Crippen LogP contribution in [0, 0.1) is 0 Å². The van der Waals surface area contributed by atoms with Crippen LogP contribution in [-0.2, 0) is 16.1 Å². The molecule has 2 heterocycles. The van der Waals surface area contributed by atoms with Gasteiger partial charge < -0.3 is 10.5 Å². The number of morpholine rings is 1. The summed E-state index contributed by atoms with van der Waals surface area (Å²) in [7, 11) is 0. The Morgan fingerprint density at radius 3 is 3.32 bits per heavy atom. The number of rotatable bonds is 3. The summed E-state index contributed by atoms with van der Waals surface area (Å²) in [4.78, 5) is 13.3. The molecule has 6 nitrogen and oxygen atoms in total. The molecule has 0 radical (unpaired) electrons. The fourth-order valence-corrected chi connectivity index (χ4v) is 2.36. The van der Waals surface area contributed by atoms with Gasteiger partial charge in [-0.15, -0.1) is 0 Å². The normalized spacial score (nSPS) is 20.7. The van der Waals surface area contributed by atoms with Gasteiger partial charge in [-0.1, -0.05) is 12.1 Å². The number of carbonyl (C=O) groups is 1. The maximum Gasteiger partial charge on any atom is 0.247 e. The molecular weight excluding hydrogens is 244 g/mol. The second kappa shape index (κ2) is 4.99. The number of primary amides is 1. The van der Waals surface area contributed by atoms with Crippen LogP contribution in [0.5, 0.6) is 0 Å². The minimum absolute atomic E-state index is 0.395. The molecule has 0 bridgehead atoms. The van der Waals surface area contributed by atoms with Gasteiger partial charge in [-0.05, 0) is 11.6 Å². The Kier molecular flexibility index (Phi) is 3.18. The summed E-state index contributed by atoms with van der Waals surface area (Å²) < 4.78 is 5.33. The second-order valence-electron chi connectivity index (χ2n) is 4.79. The van der Waals surface area contributed by atoms with E-state index in [-0.39, 0.29) is 0 Å². The molecule has 0 saturated carbocycles. The minimum atomic E-state index is -0.496. The number of nitrogens with two attached hydrogens (primary N) is 1. The molecule has 1 amide bonds. The molecule has 2 aromatic rings. The summed E-state index contributed by atoms with van der Waals surface area (Å²) in [6, 6.07) is 6.20. The molecule has 0 spiro atoms. The van der Waals surface area contributed by atoms with Gasteiger partial charge in [0.25, 0.3) is 0 Å². The highest BCUT2D eigenvalue weighted by molar-refractivity contribution is 5.79. The van der Waals surface area contributed by atoms with Crippen molar-refractivity contribution in [3.63, 3.8) is 0 Å². The minimum Gasteiger partial charge on any atom is -0.367 e. The van der Waals surface area contributed by atoms with Crippen molar-refractivity contribution in [3.8, 4) is 0 Å². The van der Waals surface area contributed by atoms with Crippen LogP contribution in [0.4, 0.5) is 0 Å². The molecule has 1 unspecified atom stereocenters. The highest BCUT2D eigenvalue weighted by Gasteiger charge is 2.24. The van der Waals surface area contributed by atoms with Gasteiger partial charge in [0.1, 0.15) is 6.10 Å². The van der Waals surface area contributed by atoms with E-state index in [0.29, 0.717) is 13.2 Å². The first-order chi connectivity index (χ1) is 9.22. The number of carbonyl (C=O) groups excluding carboxylic acids is 1. The van der Waals surface area contributed by atoms with Crippen molar-refractivity contribution in [1.29, 1.82) is 0 Å². The van der Waals surface area contributed by atoms with Gasteiger partial charge in [-0.25, -0.2) is 0 Å². The third-order valence-corrected chi connectivity index (χ3v) is 3.38. The molecule has 100 valence electrons. The van der Waals surface area contributed by atoms with Crippen molar-refractivity contribution in [2.75, 3.05) is 19.7 Å². The first-order valence-electron chi connectivity index (χ1n) is 6.27. The molecule has 1 fully saturated rings.